The highest BCUT2D eigenvalue weighted by molar-refractivity contribution is 5.74. The van der Waals surface area contributed by atoms with Crippen molar-refractivity contribution in [3.05, 3.63) is 52.5 Å². The van der Waals surface area contributed by atoms with Gasteiger partial charge in [0.1, 0.15) is 11.6 Å². The van der Waals surface area contributed by atoms with Crippen LogP contribution in [-0.2, 0) is 12.8 Å². The SMILES string of the molecule is CCCCNC(=O)N1CCN(c2nc(C)nc(CC)c2Cc2ccc(C)cc2)CC1. The number of hydrogen-bond donors (Lipinski definition) is 1. The maximum absolute atomic E-state index is 12.4. The number of amides is 2. The molecule has 1 aromatic carbocycles. The van der Waals surface area contributed by atoms with E-state index in [1.54, 1.807) is 0 Å². The Bertz CT molecular complexity index is 841. The fourth-order valence-corrected chi connectivity index (χ4v) is 3.89. The molecule has 1 aromatic heterocycles. The zero-order valence-electron chi connectivity index (χ0n) is 18.9. The van der Waals surface area contributed by atoms with Gasteiger partial charge in [0, 0.05) is 50.4 Å². The van der Waals surface area contributed by atoms with E-state index in [4.69, 9.17) is 9.97 Å². The first kappa shape index (κ1) is 22.1. The van der Waals surface area contributed by atoms with Gasteiger partial charge in [-0.05, 0) is 32.3 Å². The van der Waals surface area contributed by atoms with Crippen molar-refractivity contribution >= 4 is 11.8 Å². The van der Waals surface area contributed by atoms with Crippen molar-refractivity contribution in [2.45, 2.75) is 53.4 Å². The van der Waals surface area contributed by atoms with Crippen LogP contribution in [0.15, 0.2) is 24.3 Å². The second kappa shape index (κ2) is 10.4. The van der Waals surface area contributed by atoms with Crippen LogP contribution < -0.4 is 10.2 Å². The lowest BCUT2D eigenvalue weighted by Gasteiger charge is -2.36. The van der Waals surface area contributed by atoms with Gasteiger partial charge in [-0.2, -0.15) is 0 Å². The molecular formula is C24H35N5O. The Morgan fingerprint density at radius 1 is 1.03 bits per heavy atom. The number of nitrogens with zero attached hydrogens (tertiary/aromatic N) is 4. The molecule has 1 aliphatic rings. The summed E-state index contributed by atoms with van der Waals surface area (Å²) in [4.78, 5) is 26.2. The molecule has 0 atom stereocenters. The number of nitrogens with one attached hydrogen (secondary N) is 1. The highest BCUT2D eigenvalue weighted by Gasteiger charge is 2.25. The maximum atomic E-state index is 12.4. The van der Waals surface area contributed by atoms with E-state index in [0.29, 0.717) is 13.1 Å². The summed E-state index contributed by atoms with van der Waals surface area (Å²) in [5.41, 5.74) is 4.88. The predicted octanol–water partition coefficient (Wildman–Crippen LogP) is 3.88. The van der Waals surface area contributed by atoms with E-state index >= 15 is 0 Å². The molecule has 2 aromatic rings. The van der Waals surface area contributed by atoms with E-state index in [-0.39, 0.29) is 6.03 Å². The molecule has 0 saturated carbocycles. The molecule has 0 bridgehead atoms. The molecule has 1 saturated heterocycles. The van der Waals surface area contributed by atoms with Crippen molar-refractivity contribution in [3.63, 3.8) is 0 Å². The quantitative estimate of drug-likeness (QED) is 0.705. The number of unbranched alkanes of at least 4 members (excludes halogenated alkanes) is 1. The summed E-state index contributed by atoms with van der Waals surface area (Å²) in [6, 6.07) is 8.75. The van der Waals surface area contributed by atoms with Crippen LogP contribution in [-0.4, -0.2) is 53.6 Å². The monoisotopic (exact) mass is 409 g/mol. The Balaban J connectivity index is 1.76. The van der Waals surface area contributed by atoms with Crippen molar-refractivity contribution in [1.82, 2.24) is 20.2 Å². The van der Waals surface area contributed by atoms with Crippen LogP contribution in [0.5, 0.6) is 0 Å². The second-order valence-electron chi connectivity index (χ2n) is 8.10. The standard InChI is InChI=1S/C24H35N5O/c1-5-7-12-25-24(30)29-15-13-28(14-16-29)23-21(22(6-2)26-19(4)27-23)17-20-10-8-18(3)9-11-20/h8-11H,5-7,12-17H2,1-4H3,(H,25,30). The average Bonchev–Trinajstić information content (AvgIpc) is 2.76. The third-order valence-corrected chi connectivity index (χ3v) is 5.69. The molecule has 30 heavy (non-hydrogen) atoms. The first-order chi connectivity index (χ1) is 14.5. The molecule has 2 amide bonds. The number of anilines is 1. The highest BCUT2D eigenvalue weighted by Crippen LogP contribution is 2.26. The van der Waals surface area contributed by atoms with Gasteiger partial charge in [0.2, 0.25) is 0 Å². The van der Waals surface area contributed by atoms with Gasteiger partial charge in [-0.25, -0.2) is 14.8 Å². The van der Waals surface area contributed by atoms with E-state index in [1.165, 1.54) is 16.7 Å². The number of aromatic nitrogens is 2. The van der Waals surface area contributed by atoms with Crippen LogP contribution in [0, 0.1) is 13.8 Å². The third kappa shape index (κ3) is 5.49. The summed E-state index contributed by atoms with van der Waals surface area (Å²) in [5, 5.41) is 3.03. The van der Waals surface area contributed by atoms with Crippen molar-refractivity contribution in [3.8, 4) is 0 Å². The van der Waals surface area contributed by atoms with Crippen LogP contribution in [0.4, 0.5) is 10.6 Å². The van der Waals surface area contributed by atoms with Gasteiger partial charge in [-0.3, -0.25) is 0 Å². The Hall–Kier alpha value is -2.63. The van der Waals surface area contributed by atoms with Crippen LogP contribution in [0.25, 0.3) is 0 Å². The van der Waals surface area contributed by atoms with E-state index in [0.717, 1.165) is 62.7 Å². The summed E-state index contributed by atoms with van der Waals surface area (Å²) in [7, 11) is 0. The van der Waals surface area contributed by atoms with Crippen LogP contribution in [0.2, 0.25) is 0 Å². The Labute approximate surface area is 180 Å². The summed E-state index contributed by atoms with van der Waals surface area (Å²) in [6.07, 6.45) is 3.83. The maximum Gasteiger partial charge on any atom is 0.317 e. The molecule has 1 aliphatic heterocycles. The lowest BCUT2D eigenvalue weighted by molar-refractivity contribution is 0.194. The normalized spacial score (nSPS) is 14.1. The fourth-order valence-electron chi connectivity index (χ4n) is 3.89. The predicted molar refractivity (Wildman–Crippen MR) is 122 cm³/mol. The molecular weight excluding hydrogens is 374 g/mol. The first-order valence-corrected chi connectivity index (χ1v) is 11.2. The minimum Gasteiger partial charge on any atom is -0.353 e. The van der Waals surface area contributed by atoms with Crippen LogP contribution in [0.1, 0.15) is 54.9 Å². The van der Waals surface area contributed by atoms with Crippen molar-refractivity contribution < 1.29 is 4.79 Å². The smallest absolute Gasteiger partial charge is 0.317 e. The van der Waals surface area contributed by atoms with Gasteiger partial charge >= 0.3 is 6.03 Å². The summed E-state index contributed by atoms with van der Waals surface area (Å²) < 4.78 is 0. The van der Waals surface area contributed by atoms with Gasteiger partial charge in [-0.1, -0.05) is 50.1 Å². The van der Waals surface area contributed by atoms with E-state index in [2.05, 4.69) is 55.3 Å². The van der Waals surface area contributed by atoms with E-state index in [1.807, 2.05) is 11.8 Å². The minimum absolute atomic E-state index is 0.0519. The lowest BCUT2D eigenvalue weighted by Crippen LogP contribution is -2.52. The van der Waals surface area contributed by atoms with Crippen LogP contribution in [0.3, 0.4) is 0 Å². The molecule has 0 aliphatic carbocycles. The molecule has 1 N–H and O–H groups in total. The fraction of sp³-hybridized carbons (Fsp3) is 0.542. The molecule has 3 rings (SSSR count). The van der Waals surface area contributed by atoms with Crippen molar-refractivity contribution in [2.75, 3.05) is 37.6 Å². The highest BCUT2D eigenvalue weighted by atomic mass is 16.2. The van der Waals surface area contributed by atoms with Gasteiger partial charge in [0.05, 0.1) is 0 Å². The van der Waals surface area contributed by atoms with Crippen LogP contribution >= 0.6 is 0 Å². The third-order valence-electron chi connectivity index (χ3n) is 5.69. The number of piperazine rings is 1. The summed E-state index contributed by atoms with van der Waals surface area (Å²) >= 11 is 0. The summed E-state index contributed by atoms with van der Waals surface area (Å²) in [5.74, 6) is 1.85. The molecule has 6 nitrogen and oxygen atoms in total. The molecule has 162 valence electrons. The van der Waals surface area contributed by atoms with Gasteiger partial charge in [0.25, 0.3) is 0 Å². The molecule has 0 unspecified atom stereocenters. The average molecular weight is 410 g/mol. The number of carbonyl (C=O) groups is 1. The number of urea groups is 1. The Kier molecular flexibility index (Phi) is 7.66. The minimum atomic E-state index is 0.0519. The molecule has 1 fully saturated rings. The molecule has 0 spiro atoms. The van der Waals surface area contributed by atoms with E-state index in [9.17, 15) is 4.79 Å². The number of rotatable bonds is 7. The topological polar surface area (TPSA) is 61.4 Å². The number of aryl methyl sites for hydroxylation is 3. The Morgan fingerprint density at radius 2 is 1.73 bits per heavy atom. The largest absolute Gasteiger partial charge is 0.353 e. The molecule has 2 heterocycles. The zero-order valence-corrected chi connectivity index (χ0v) is 18.9. The summed E-state index contributed by atoms with van der Waals surface area (Å²) in [6.45, 7) is 12.1. The second-order valence-corrected chi connectivity index (χ2v) is 8.10. The number of benzene rings is 1. The van der Waals surface area contributed by atoms with Crippen molar-refractivity contribution in [1.29, 1.82) is 0 Å². The zero-order chi connectivity index (χ0) is 21.5. The first-order valence-electron chi connectivity index (χ1n) is 11.2. The molecule has 6 heteroatoms. The van der Waals surface area contributed by atoms with E-state index < -0.39 is 0 Å². The van der Waals surface area contributed by atoms with Gasteiger partial charge < -0.3 is 15.1 Å². The van der Waals surface area contributed by atoms with Crippen molar-refractivity contribution in [2.24, 2.45) is 0 Å². The molecule has 0 radical (unpaired) electrons. The Morgan fingerprint density at radius 3 is 2.37 bits per heavy atom. The van der Waals surface area contributed by atoms with Gasteiger partial charge in [-0.15, -0.1) is 0 Å². The number of carbonyl (C=O) groups excluding carboxylic acids is 1. The van der Waals surface area contributed by atoms with Gasteiger partial charge in [0.15, 0.2) is 0 Å². The number of hydrogen-bond acceptors (Lipinski definition) is 4. The lowest BCUT2D eigenvalue weighted by atomic mass is 10.0.